The molecule has 0 bridgehead atoms. The van der Waals surface area contributed by atoms with Gasteiger partial charge in [-0.15, -0.1) is 22.7 Å². The number of rotatable bonds is 6. The minimum absolute atomic E-state index is 0.999. The molecule has 0 saturated heterocycles. The largest absolute Gasteiger partial charge is 0.311 e. The van der Waals surface area contributed by atoms with Crippen LogP contribution in [-0.2, 0) is 19.4 Å². The van der Waals surface area contributed by atoms with Gasteiger partial charge in [0.25, 0.3) is 0 Å². The molecule has 4 heteroatoms. The van der Waals surface area contributed by atoms with Gasteiger partial charge >= 0.3 is 0 Å². The summed E-state index contributed by atoms with van der Waals surface area (Å²) < 4.78 is 0. The summed E-state index contributed by atoms with van der Waals surface area (Å²) in [4.78, 5) is 7.15. The zero-order chi connectivity index (χ0) is 12.1. The summed E-state index contributed by atoms with van der Waals surface area (Å²) in [6.07, 6.45) is 2.22. The van der Waals surface area contributed by atoms with Crippen molar-refractivity contribution in [3.63, 3.8) is 0 Å². The van der Waals surface area contributed by atoms with Crippen molar-refractivity contribution in [3.05, 3.63) is 38.0 Å². The van der Waals surface area contributed by atoms with E-state index >= 15 is 0 Å². The Hall–Kier alpha value is -0.710. The molecule has 0 amide bonds. The second-order valence-electron chi connectivity index (χ2n) is 4.01. The maximum atomic E-state index is 4.27. The van der Waals surface area contributed by atoms with Gasteiger partial charge in [0.1, 0.15) is 0 Å². The molecule has 0 aromatic carbocycles. The first kappa shape index (κ1) is 12.7. The van der Waals surface area contributed by atoms with Crippen molar-refractivity contribution in [3.8, 4) is 0 Å². The third-order valence-corrected chi connectivity index (χ3v) is 4.84. The third kappa shape index (κ3) is 3.37. The zero-order valence-corrected chi connectivity index (χ0v) is 12.0. The van der Waals surface area contributed by atoms with E-state index in [1.165, 1.54) is 21.0 Å². The van der Waals surface area contributed by atoms with Gasteiger partial charge in [-0.3, -0.25) is 0 Å². The van der Waals surface area contributed by atoms with E-state index in [9.17, 15) is 0 Å². The van der Waals surface area contributed by atoms with Gasteiger partial charge in [0.05, 0.1) is 11.2 Å². The number of aryl methyl sites for hydroxylation is 2. The van der Waals surface area contributed by atoms with Crippen molar-refractivity contribution < 1.29 is 0 Å². The SMILES string of the molecule is CCc1ccsc1CNCCc1scnc1C. The number of thiophene rings is 1. The number of hydrogen-bond donors (Lipinski definition) is 1. The number of hydrogen-bond acceptors (Lipinski definition) is 4. The lowest BCUT2D eigenvalue weighted by Crippen LogP contribution is -2.16. The quantitative estimate of drug-likeness (QED) is 0.811. The summed E-state index contributed by atoms with van der Waals surface area (Å²) in [5.41, 5.74) is 4.60. The van der Waals surface area contributed by atoms with Crippen LogP contribution in [-0.4, -0.2) is 11.5 Å². The van der Waals surface area contributed by atoms with Crippen LogP contribution in [0, 0.1) is 6.92 Å². The second kappa shape index (κ2) is 6.28. The van der Waals surface area contributed by atoms with Crippen LogP contribution in [0.15, 0.2) is 17.0 Å². The molecule has 0 aliphatic rings. The Labute approximate surface area is 111 Å². The zero-order valence-electron chi connectivity index (χ0n) is 10.3. The van der Waals surface area contributed by atoms with Crippen molar-refractivity contribution in [2.45, 2.75) is 33.2 Å². The average Bonchev–Trinajstić information content (AvgIpc) is 2.93. The molecule has 0 fully saturated rings. The predicted octanol–water partition coefficient (Wildman–Crippen LogP) is 3.41. The third-order valence-electron chi connectivity index (χ3n) is 2.88. The van der Waals surface area contributed by atoms with Crippen LogP contribution in [0.3, 0.4) is 0 Å². The number of nitrogens with zero attached hydrogens (tertiary/aromatic N) is 1. The van der Waals surface area contributed by atoms with E-state index in [1.807, 2.05) is 16.8 Å². The summed E-state index contributed by atoms with van der Waals surface area (Å²) in [5, 5.41) is 5.70. The van der Waals surface area contributed by atoms with Crippen molar-refractivity contribution in [1.29, 1.82) is 0 Å². The fourth-order valence-electron chi connectivity index (χ4n) is 1.81. The lowest BCUT2D eigenvalue weighted by Gasteiger charge is -2.04. The first-order chi connectivity index (χ1) is 8.31. The van der Waals surface area contributed by atoms with Crippen molar-refractivity contribution >= 4 is 22.7 Å². The maximum absolute atomic E-state index is 4.27. The van der Waals surface area contributed by atoms with Gasteiger partial charge in [-0.2, -0.15) is 0 Å². The molecule has 17 heavy (non-hydrogen) atoms. The molecule has 92 valence electrons. The molecule has 0 saturated carbocycles. The fraction of sp³-hybridized carbons (Fsp3) is 0.462. The molecule has 0 aliphatic carbocycles. The second-order valence-corrected chi connectivity index (χ2v) is 5.95. The standard InChI is InChI=1S/C13H18N2S2/c1-3-11-5-7-16-13(11)8-14-6-4-12-10(2)15-9-17-12/h5,7,9,14H,3-4,6,8H2,1-2H3. The molecule has 0 aliphatic heterocycles. The van der Waals surface area contributed by atoms with Gasteiger partial charge in [-0.05, 0) is 36.8 Å². The lowest BCUT2D eigenvalue weighted by molar-refractivity contribution is 0.692. The van der Waals surface area contributed by atoms with E-state index in [2.05, 4.69) is 35.6 Å². The van der Waals surface area contributed by atoms with E-state index in [-0.39, 0.29) is 0 Å². The summed E-state index contributed by atoms with van der Waals surface area (Å²) in [5.74, 6) is 0. The highest BCUT2D eigenvalue weighted by molar-refractivity contribution is 7.10. The van der Waals surface area contributed by atoms with Gasteiger partial charge in [-0.1, -0.05) is 6.92 Å². The number of thiazole rings is 1. The van der Waals surface area contributed by atoms with Crippen LogP contribution in [0.25, 0.3) is 0 Å². The molecule has 2 nitrogen and oxygen atoms in total. The van der Waals surface area contributed by atoms with Crippen LogP contribution in [0.4, 0.5) is 0 Å². The van der Waals surface area contributed by atoms with Crippen molar-refractivity contribution in [2.75, 3.05) is 6.54 Å². The highest BCUT2D eigenvalue weighted by Gasteiger charge is 2.03. The molecule has 2 aromatic heterocycles. The van der Waals surface area contributed by atoms with Crippen LogP contribution < -0.4 is 5.32 Å². The Morgan fingerprint density at radius 1 is 1.29 bits per heavy atom. The minimum Gasteiger partial charge on any atom is -0.311 e. The van der Waals surface area contributed by atoms with E-state index in [1.54, 1.807) is 11.3 Å². The Bertz CT molecular complexity index is 459. The maximum Gasteiger partial charge on any atom is 0.0797 e. The molecule has 2 heterocycles. The summed E-state index contributed by atoms with van der Waals surface area (Å²) in [7, 11) is 0. The van der Waals surface area contributed by atoms with Gasteiger partial charge < -0.3 is 5.32 Å². The number of aromatic nitrogens is 1. The van der Waals surface area contributed by atoms with E-state index in [4.69, 9.17) is 0 Å². The van der Waals surface area contributed by atoms with Crippen molar-refractivity contribution in [1.82, 2.24) is 10.3 Å². The summed E-state index contributed by atoms with van der Waals surface area (Å²) >= 11 is 3.61. The highest BCUT2D eigenvalue weighted by Crippen LogP contribution is 2.17. The van der Waals surface area contributed by atoms with Gasteiger partial charge in [0.2, 0.25) is 0 Å². The molecule has 1 N–H and O–H groups in total. The van der Waals surface area contributed by atoms with Crippen LogP contribution in [0.2, 0.25) is 0 Å². The predicted molar refractivity (Wildman–Crippen MR) is 76.0 cm³/mol. The fourth-order valence-corrected chi connectivity index (χ4v) is 3.53. The minimum atomic E-state index is 0.999. The lowest BCUT2D eigenvalue weighted by atomic mass is 10.2. The number of nitrogens with one attached hydrogen (secondary N) is 1. The Balaban J connectivity index is 1.75. The van der Waals surface area contributed by atoms with E-state index in [0.29, 0.717) is 0 Å². The molecule has 0 unspecified atom stereocenters. The Morgan fingerprint density at radius 3 is 2.88 bits per heavy atom. The van der Waals surface area contributed by atoms with Gasteiger partial charge in [-0.25, -0.2) is 4.98 Å². The smallest absolute Gasteiger partial charge is 0.0797 e. The van der Waals surface area contributed by atoms with Gasteiger partial charge in [0.15, 0.2) is 0 Å². The molecule has 0 spiro atoms. The monoisotopic (exact) mass is 266 g/mol. The molecule has 0 radical (unpaired) electrons. The van der Waals surface area contributed by atoms with Crippen LogP contribution in [0.5, 0.6) is 0 Å². The normalized spacial score (nSPS) is 10.9. The van der Waals surface area contributed by atoms with Gasteiger partial charge in [0, 0.05) is 22.8 Å². The average molecular weight is 266 g/mol. The molecule has 2 rings (SSSR count). The van der Waals surface area contributed by atoms with E-state index < -0.39 is 0 Å². The Kier molecular flexibility index (Phi) is 4.71. The first-order valence-electron chi connectivity index (χ1n) is 5.96. The van der Waals surface area contributed by atoms with Crippen LogP contribution in [0.1, 0.15) is 27.9 Å². The first-order valence-corrected chi connectivity index (χ1v) is 7.72. The van der Waals surface area contributed by atoms with Crippen molar-refractivity contribution in [2.24, 2.45) is 0 Å². The topological polar surface area (TPSA) is 24.9 Å². The molecular weight excluding hydrogens is 248 g/mol. The van der Waals surface area contributed by atoms with Crippen LogP contribution >= 0.6 is 22.7 Å². The molecular formula is C13H18N2S2. The summed E-state index contributed by atoms with van der Waals surface area (Å²) in [6, 6.07) is 2.23. The molecule has 0 atom stereocenters. The highest BCUT2D eigenvalue weighted by atomic mass is 32.1. The van der Waals surface area contributed by atoms with E-state index in [0.717, 1.165) is 25.9 Å². The molecule has 2 aromatic rings. The Morgan fingerprint density at radius 2 is 2.18 bits per heavy atom. The summed E-state index contributed by atoms with van der Waals surface area (Å²) in [6.45, 7) is 6.33.